The molecule has 0 saturated carbocycles. The fourth-order valence-corrected chi connectivity index (χ4v) is 3.37. The molecule has 0 bridgehead atoms. The number of rotatable bonds is 3. The maximum atomic E-state index is 12.4. The van der Waals surface area contributed by atoms with E-state index in [2.05, 4.69) is 20.8 Å². The molecule has 3 nitrogen and oxygen atoms in total. The highest BCUT2D eigenvalue weighted by Crippen LogP contribution is 2.29. The van der Waals surface area contributed by atoms with Gasteiger partial charge >= 0.3 is 0 Å². The van der Waals surface area contributed by atoms with E-state index >= 15 is 0 Å². The minimum atomic E-state index is 0.0456. The zero-order valence-corrected chi connectivity index (χ0v) is 12.8. The second-order valence-corrected chi connectivity index (χ2v) is 7.90. The van der Waals surface area contributed by atoms with Gasteiger partial charge in [0, 0.05) is 23.1 Å². The second kappa shape index (κ2) is 6.04. The van der Waals surface area contributed by atoms with Gasteiger partial charge in [0.05, 0.1) is 6.26 Å². The Bertz CT molecular complexity index is 408. The van der Waals surface area contributed by atoms with Crippen LogP contribution >= 0.6 is 11.8 Å². The summed E-state index contributed by atoms with van der Waals surface area (Å²) in [6, 6.07) is 3.87. The molecule has 1 aromatic heterocycles. The molecule has 4 heteroatoms. The van der Waals surface area contributed by atoms with Crippen molar-refractivity contribution in [3.8, 4) is 0 Å². The average Bonchev–Trinajstić information content (AvgIpc) is 2.89. The van der Waals surface area contributed by atoms with Crippen LogP contribution in [0, 0.1) is 0 Å². The maximum absolute atomic E-state index is 12.4. The SMILES string of the molecule is CC(C)(C)SC[C@@H]1CCCCN1C(=O)c1ccco1. The van der Waals surface area contributed by atoms with Gasteiger partial charge in [-0.1, -0.05) is 20.8 Å². The van der Waals surface area contributed by atoms with E-state index < -0.39 is 0 Å². The van der Waals surface area contributed by atoms with Crippen LogP contribution in [0.15, 0.2) is 22.8 Å². The summed E-state index contributed by atoms with van der Waals surface area (Å²) in [6.07, 6.45) is 4.99. The Kier molecular flexibility index (Phi) is 4.61. The number of carbonyl (C=O) groups excluding carboxylic acids is 1. The molecule has 2 rings (SSSR count). The Morgan fingerprint density at radius 1 is 1.47 bits per heavy atom. The lowest BCUT2D eigenvalue weighted by Gasteiger charge is -2.36. The molecule has 0 unspecified atom stereocenters. The Balaban J connectivity index is 2.01. The van der Waals surface area contributed by atoms with Crippen molar-refractivity contribution in [2.45, 2.75) is 50.8 Å². The largest absolute Gasteiger partial charge is 0.459 e. The first-order chi connectivity index (χ1) is 8.97. The van der Waals surface area contributed by atoms with Gasteiger partial charge in [-0.05, 0) is 31.4 Å². The molecule has 0 radical (unpaired) electrons. The number of furan rings is 1. The van der Waals surface area contributed by atoms with Gasteiger partial charge in [0.1, 0.15) is 0 Å². The fraction of sp³-hybridized carbons (Fsp3) is 0.667. The predicted octanol–water partition coefficient (Wildman–Crippen LogP) is 3.81. The second-order valence-electron chi connectivity index (χ2n) is 6.05. The predicted molar refractivity (Wildman–Crippen MR) is 79.6 cm³/mol. The molecule has 106 valence electrons. The summed E-state index contributed by atoms with van der Waals surface area (Å²) in [6.45, 7) is 7.52. The Morgan fingerprint density at radius 3 is 2.89 bits per heavy atom. The minimum Gasteiger partial charge on any atom is -0.459 e. The first-order valence-corrected chi connectivity index (χ1v) is 7.94. The third kappa shape index (κ3) is 4.03. The molecular weight excluding hydrogens is 258 g/mol. The first-order valence-electron chi connectivity index (χ1n) is 6.96. The van der Waals surface area contributed by atoms with Crippen LogP contribution in [-0.2, 0) is 0 Å². The standard InChI is InChI=1S/C15H23NO2S/c1-15(2,3)19-11-12-7-4-5-9-16(12)14(17)13-8-6-10-18-13/h6,8,10,12H,4-5,7,9,11H2,1-3H3/t12-/m0/s1. The summed E-state index contributed by atoms with van der Waals surface area (Å²) < 4.78 is 5.49. The number of thioether (sulfide) groups is 1. The van der Waals surface area contributed by atoms with E-state index in [1.54, 1.807) is 18.4 Å². The van der Waals surface area contributed by atoms with Crippen LogP contribution in [0.25, 0.3) is 0 Å². The minimum absolute atomic E-state index is 0.0456. The normalized spacial score (nSPS) is 20.6. The molecule has 0 aliphatic carbocycles. The smallest absolute Gasteiger partial charge is 0.289 e. The molecule has 1 saturated heterocycles. The third-order valence-corrected chi connectivity index (χ3v) is 4.75. The van der Waals surface area contributed by atoms with Crippen molar-refractivity contribution >= 4 is 17.7 Å². The van der Waals surface area contributed by atoms with E-state index in [1.807, 2.05) is 16.7 Å². The monoisotopic (exact) mass is 281 g/mol. The van der Waals surface area contributed by atoms with Crippen LogP contribution in [-0.4, -0.2) is 33.9 Å². The number of amides is 1. The average molecular weight is 281 g/mol. The number of likely N-dealkylation sites (tertiary alicyclic amines) is 1. The highest BCUT2D eigenvalue weighted by atomic mass is 32.2. The Labute approximate surface area is 119 Å². The fourth-order valence-electron chi connectivity index (χ4n) is 2.33. The molecule has 1 aliphatic heterocycles. The summed E-state index contributed by atoms with van der Waals surface area (Å²) in [7, 11) is 0. The zero-order chi connectivity index (χ0) is 13.9. The van der Waals surface area contributed by atoms with Crippen molar-refractivity contribution in [1.82, 2.24) is 4.90 Å². The van der Waals surface area contributed by atoms with Gasteiger partial charge in [-0.2, -0.15) is 11.8 Å². The van der Waals surface area contributed by atoms with Crippen LogP contribution in [0.3, 0.4) is 0 Å². The molecule has 1 amide bonds. The van der Waals surface area contributed by atoms with E-state index in [4.69, 9.17) is 4.42 Å². The molecule has 1 aliphatic rings. The molecular formula is C15H23NO2S. The van der Waals surface area contributed by atoms with E-state index in [1.165, 1.54) is 6.42 Å². The topological polar surface area (TPSA) is 33.5 Å². The number of piperidine rings is 1. The number of carbonyl (C=O) groups is 1. The van der Waals surface area contributed by atoms with Gasteiger partial charge in [0.15, 0.2) is 5.76 Å². The van der Waals surface area contributed by atoms with Crippen LogP contribution in [0.4, 0.5) is 0 Å². The Morgan fingerprint density at radius 2 is 2.26 bits per heavy atom. The number of nitrogens with zero attached hydrogens (tertiary/aromatic N) is 1. The highest BCUT2D eigenvalue weighted by Gasteiger charge is 2.29. The van der Waals surface area contributed by atoms with Gasteiger partial charge in [0.2, 0.25) is 0 Å². The molecule has 1 fully saturated rings. The summed E-state index contributed by atoms with van der Waals surface area (Å²) in [5.74, 6) is 1.52. The molecule has 19 heavy (non-hydrogen) atoms. The highest BCUT2D eigenvalue weighted by molar-refractivity contribution is 8.00. The van der Waals surface area contributed by atoms with Crippen LogP contribution in [0.2, 0.25) is 0 Å². The van der Waals surface area contributed by atoms with Crippen molar-refractivity contribution in [2.75, 3.05) is 12.3 Å². The summed E-state index contributed by atoms with van der Waals surface area (Å²) in [5, 5.41) is 0. The first kappa shape index (κ1) is 14.5. The van der Waals surface area contributed by atoms with Crippen molar-refractivity contribution in [1.29, 1.82) is 0 Å². The molecule has 1 aromatic rings. The lowest BCUT2D eigenvalue weighted by molar-refractivity contribution is 0.0608. The maximum Gasteiger partial charge on any atom is 0.289 e. The van der Waals surface area contributed by atoms with Gasteiger partial charge in [0.25, 0.3) is 5.91 Å². The molecule has 2 heterocycles. The van der Waals surface area contributed by atoms with Crippen LogP contribution in [0.1, 0.15) is 50.6 Å². The van der Waals surface area contributed by atoms with Crippen molar-refractivity contribution in [2.24, 2.45) is 0 Å². The lowest BCUT2D eigenvalue weighted by Crippen LogP contribution is -2.45. The summed E-state index contributed by atoms with van der Waals surface area (Å²) in [4.78, 5) is 14.4. The lowest BCUT2D eigenvalue weighted by atomic mass is 10.0. The van der Waals surface area contributed by atoms with E-state index in [9.17, 15) is 4.79 Å². The molecule has 0 aromatic carbocycles. The van der Waals surface area contributed by atoms with Gasteiger partial charge in [-0.15, -0.1) is 0 Å². The summed E-state index contributed by atoms with van der Waals surface area (Å²) >= 11 is 1.93. The van der Waals surface area contributed by atoms with Gasteiger partial charge in [-0.3, -0.25) is 4.79 Å². The molecule has 1 atom stereocenters. The summed E-state index contributed by atoms with van der Waals surface area (Å²) in [5.41, 5.74) is 0. The quantitative estimate of drug-likeness (QED) is 0.845. The van der Waals surface area contributed by atoms with Crippen LogP contribution < -0.4 is 0 Å². The van der Waals surface area contributed by atoms with E-state index in [-0.39, 0.29) is 10.7 Å². The van der Waals surface area contributed by atoms with E-state index in [0.717, 1.165) is 25.1 Å². The molecule has 0 spiro atoms. The van der Waals surface area contributed by atoms with Crippen molar-refractivity contribution in [3.63, 3.8) is 0 Å². The van der Waals surface area contributed by atoms with Gasteiger partial charge < -0.3 is 9.32 Å². The zero-order valence-electron chi connectivity index (χ0n) is 12.0. The van der Waals surface area contributed by atoms with E-state index in [0.29, 0.717) is 11.8 Å². The molecule has 0 N–H and O–H groups in total. The van der Waals surface area contributed by atoms with Crippen molar-refractivity contribution in [3.05, 3.63) is 24.2 Å². The third-order valence-electron chi connectivity index (χ3n) is 3.33. The van der Waals surface area contributed by atoms with Crippen LogP contribution in [0.5, 0.6) is 0 Å². The van der Waals surface area contributed by atoms with Crippen molar-refractivity contribution < 1.29 is 9.21 Å². The number of hydrogen-bond donors (Lipinski definition) is 0. The van der Waals surface area contributed by atoms with Gasteiger partial charge in [-0.25, -0.2) is 0 Å². The number of hydrogen-bond acceptors (Lipinski definition) is 3. The Hall–Kier alpha value is -0.900.